The molecular formula is C18H34IN7O2. The Morgan fingerprint density at radius 3 is 2.75 bits per heavy atom. The molecule has 0 spiro atoms. The first-order valence-electron chi connectivity index (χ1n) is 9.88. The van der Waals surface area contributed by atoms with Crippen LogP contribution in [0.3, 0.4) is 0 Å². The van der Waals surface area contributed by atoms with Gasteiger partial charge in [0, 0.05) is 59.5 Å². The van der Waals surface area contributed by atoms with Crippen molar-refractivity contribution in [2.75, 3.05) is 59.7 Å². The molecule has 9 nitrogen and oxygen atoms in total. The standard InChI is InChI=1S/C18H33N7O2.HI/c1-15-21-22-17(23(15)2)13-20-18(19-6-4-10-26-3)25-7-5-16(14-25)24-8-11-27-12-9-24;/h16H,4-14H2,1-3H3,(H,19,20);1H. The van der Waals surface area contributed by atoms with Crippen LogP contribution in [0.4, 0.5) is 0 Å². The number of aliphatic imine (C=N–C) groups is 1. The molecule has 3 rings (SSSR count). The topological polar surface area (TPSA) is 80.0 Å². The largest absolute Gasteiger partial charge is 0.385 e. The molecule has 0 aromatic carbocycles. The molecule has 10 heteroatoms. The highest BCUT2D eigenvalue weighted by Crippen LogP contribution is 2.17. The molecule has 1 unspecified atom stereocenters. The predicted octanol–water partition coefficient (Wildman–Crippen LogP) is 0.630. The SMILES string of the molecule is COCCCNC(=NCc1nnc(C)n1C)N1CCC(N2CCOCC2)C1.I. The highest BCUT2D eigenvalue weighted by Gasteiger charge is 2.30. The van der Waals surface area contributed by atoms with E-state index in [1.54, 1.807) is 7.11 Å². The van der Waals surface area contributed by atoms with E-state index in [1.807, 2.05) is 18.5 Å². The van der Waals surface area contributed by atoms with Crippen LogP contribution in [-0.4, -0.2) is 96.2 Å². The fourth-order valence-corrected chi connectivity index (χ4v) is 3.59. The molecule has 1 aromatic heterocycles. The Morgan fingerprint density at radius 2 is 2.07 bits per heavy atom. The van der Waals surface area contributed by atoms with Crippen molar-refractivity contribution in [1.29, 1.82) is 0 Å². The van der Waals surface area contributed by atoms with Crippen LogP contribution in [0.15, 0.2) is 4.99 Å². The Balaban J connectivity index is 0.00000280. The quantitative estimate of drug-likeness (QED) is 0.251. The normalized spacial score (nSPS) is 21.0. The molecule has 0 amide bonds. The van der Waals surface area contributed by atoms with Crippen molar-refractivity contribution in [1.82, 2.24) is 29.9 Å². The summed E-state index contributed by atoms with van der Waals surface area (Å²) < 4.78 is 12.6. The number of morpholine rings is 1. The van der Waals surface area contributed by atoms with Gasteiger partial charge in [-0.3, -0.25) is 4.90 Å². The average molecular weight is 507 g/mol. The maximum absolute atomic E-state index is 5.49. The molecule has 28 heavy (non-hydrogen) atoms. The van der Waals surface area contributed by atoms with E-state index in [2.05, 4.69) is 25.3 Å². The van der Waals surface area contributed by atoms with E-state index in [0.29, 0.717) is 12.6 Å². The maximum Gasteiger partial charge on any atom is 0.194 e. The number of rotatable bonds is 7. The second-order valence-corrected chi connectivity index (χ2v) is 7.17. The van der Waals surface area contributed by atoms with E-state index >= 15 is 0 Å². The third kappa shape index (κ3) is 6.26. The van der Waals surface area contributed by atoms with E-state index in [4.69, 9.17) is 14.5 Å². The summed E-state index contributed by atoms with van der Waals surface area (Å²) in [5, 5.41) is 11.9. The molecular weight excluding hydrogens is 473 g/mol. The Hall–Kier alpha value is -0.980. The lowest BCUT2D eigenvalue weighted by atomic mass is 10.2. The van der Waals surface area contributed by atoms with Gasteiger partial charge in [-0.25, -0.2) is 4.99 Å². The lowest BCUT2D eigenvalue weighted by Gasteiger charge is -2.32. The Kier molecular flexibility index (Phi) is 9.89. The summed E-state index contributed by atoms with van der Waals surface area (Å²) in [5.74, 6) is 2.75. The van der Waals surface area contributed by atoms with Crippen LogP contribution in [0.1, 0.15) is 24.5 Å². The molecule has 2 fully saturated rings. The highest BCUT2D eigenvalue weighted by molar-refractivity contribution is 14.0. The first-order chi connectivity index (χ1) is 13.2. The monoisotopic (exact) mass is 507 g/mol. The minimum absolute atomic E-state index is 0. The van der Waals surface area contributed by atoms with Gasteiger partial charge in [-0.1, -0.05) is 0 Å². The highest BCUT2D eigenvalue weighted by atomic mass is 127. The van der Waals surface area contributed by atoms with Gasteiger partial charge in [0.05, 0.1) is 13.2 Å². The van der Waals surface area contributed by atoms with Crippen LogP contribution in [0.25, 0.3) is 0 Å². The molecule has 0 bridgehead atoms. The Morgan fingerprint density at radius 1 is 1.29 bits per heavy atom. The molecule has 0 saturated carbocycles. The fourth-order valence-electron chi connectivity index (χ4n) is 3.59. The minimum Gasteiger partial charge on any atom is -0.385 e. The number of guanidine groups is 1. The third-order valence-corrected chi connectivity index (χ3v) is 5.39. The third-order valence-electron chi connectivity index (χ3n) is 5.39. The van der Waals surface area contributed by atoms with Gasteiger partial charge >= 0.3 is 0 Å². The number of nitrogens with one attached hydrogen (secondary N) is 1. The molecule has 1 aromatic rings. The van der Waals surface area contributed by atoms with Gasteiger partial charge in [0.2, 0.25) is 0 Å². The van der Waals surface area contributed by atoms with Gasteiger partial charge in [0.15, 0.2) is 11.8 Å². The van der Waals surface area contributed by atoms with Crippen molar-refractivity contribution >= 4 is 29.9 Å². The van der Waals surface area contributed by atoms with E-state index < -0.39 is 0 Å². The zero-order chi connectivity index (χ0) is 19.1. The molecule has 2 aliphatic rings. The first-order valence-corrected chi connectivity index (χ1v) is 9.88. The molecule has 1 N–H and O–H groups in total. The summed E-state index contributed by atoms with van der Waals surface area (Å²) in [4.78, 5) is 9.78. The van der Waals surface area contributed by atoms with Crippen molar-refractivity contribution in [2.45, 2.75) is 32.4 Å². The van der Waals surface area contributed by atoms with Crippen molar-refractivity contribution in [3.8, 4) is 0 Å². The van der Waals surface area contributed by atoms with Crippen molar-refractivity contribution in [2.24, 2.45) is 12.0 Å². The summed E-state index contributed by atoms with van der Waals surface area (Å²) in [6, 6.07) is 0.581. The van der Waals surface area contributed by atoms with Crippen LogP contribution in [0, 0.1) is 6.92 Å². The smallest absolute Gasteiger partial charge is 0.194 e. The first kappa shape index (κ1) is 23.3. The van der Waals surface area contributed by atoms with E-state index in [-0.39, 0.29) is 24.0 Å². The number of aromatic nitrogens is 3. The fraction of sp³-hybridized carbons (Fsp3) is 0.833. The maximum atomic E-state index is 5.49. The lowest BCUT2D eigenvalue weighted by molar-refractivity contribution is 0.0195. The molecule has 2 aliphatic heterocycles. The van der Waals surface area contributed by atoms with E-state index in [0.717, 1.165) is 76.6 Å². The number of hydrogen-bond donors (Lipinski definition) is 1. The molecule has 0 aliphatic carbocycles. The number of methoxy groups -OCH3 is 1. The Bertz CT molecular complexity index is 619. The molecule has 0 radical (unpaired) electrons. The van der Waals surface area contributed by atoms with Crippen LogP contribution >= 0.6 is 24.0 Å². The van der Waals surface area contributed by atoms with Crippen molar-refractivity contribution in [3.63, 3.8) is 0 Å². The van der Waals surface area contributed by atoms with Gasteiger partial charge in [-0.2, -0.15) is 0 Å². The number of nitrogens with zero attached hydrogens (tertiary/aromatic N) is 6. The zero-order valence-electron chi connectivity index (χ0n) is 17.3. The van der Waals surface area contributed by atoms with Crippen molar-refractivity contribution < 1.29 is 9.47 Å². The number of aryl methyl sites for hydroxylation is 1. The minimum atomic E-state index is 0. The molecule has 3 heterocycles. The second kappa shape index (κ2) is 11.9. The molecule has 160 valence electrons. The summed E-state index contributed by atoms with van der Waals surface area (Å²) in [7, 11) is 3.72. The van der Waals surface area contributed by atoms with Gasteiger partial charge in [0.1, 0.15) is 12.4 Å². The lowest BCUT2D eigenvalue weighted by Crippen LogP contribution is -2.47. The zero-order valence-corrected chi connectivity index (χ0v) is 19.6. The molecule has 2 saturated heterocycles. The number of likely N-dealkylation sites (tertiary alicyclic amines) is 1. The van der Waals surface area contributed by atoms with Crippen LogP contribution < -0.4 is 5.32 Å². The van der Waals surface area contributed by atoms with Gasteiger partial charge in [0.25, 0.3) is 0 Å². The Labute approximate surface area is 184 Å². The summed E-state index contributed by atoms with van der Waals surface area (Å²) in [6.45, 7) is 9.87. The summed E-state index contributed by atoms with van der Waals surface area (Å²) in [5.41, 5.74) is 0. The number of ether oxygens (including phenoxy) is 2. The van der Waals surface area contributed by atoms with E-state index in [9.17, 15) is 0 Å². The predicted molar refractivity (Wildman–Crippen MR) is 119 cm³/mol. The van der Waals surface area contributed by atoms with Crippen LogP contribution in [-0.2, 0) is 23.1 Å². The van der Waals surface area contributed by atoms with Gasteiger partial charge in [-0.05, 0) is 19.8 Å². The van der Waals surface area contributed by atoms with Gasteiger partial charge < -0.3 is 24.3 Å². The van der Waals surface area contributed by atoms with Crippen molar-refractivity contribution in [3.05, 3.63) is 11.6 Å². The summed E-state index contributed by atoms with van der Waals surface area (Å²) in [6.07, 6.45) is 2.13. The number of hydrogen-bond acceptors (Lipinski definition) is 6. The molecule has 1 atom stereocenters. The van der Waals surface area contributed by atoms with Gasteiger partial charge in [-0.15, -0.1) is 34.2 Å². The average Bonchev–Trinajstić information content (AvgIpc) is 3.30. The summed E-state index contributed by atoms with van der Waals surface area (Å²) >= 11 is 0. The van der Waals surface area contributed by atoms with Crippen LogP contribution in [0.5, 0.6) is 0 Å². The van der Waals surface area contributed by atoms with Crippen LogP contribution in [0.2, 0.25) is 0 Å². The second-order valence-electron chi connectivity index (χ2n) is 7.17. The number of halogens is 1. The van der Waals surface area contributed by atoms with E-state index in [1.165, 1.54) is 6.42 Å².